The van der Waals surface area contributed by atoms with E-state index in [-0.39, 0.29) is 12.0 Å². The molecule has 9 nitrogen and oxygen atoms in total. The SMILES string of the molecule is COc1nc(NN)nc(NCCCN2CCOCC2)n1. The number of nitrogens with one attached hydrogen (secondary N) is 2. The number of aromatic nitrogens is 3. The Hall–Kier alpha value is -1.71. The Morgan fingerprint density at radius 3 is 2.70 bits per heavy atom. The third-order valence-electron chi connectivity index (χ3n) is 2.96. The molecule has 1 aromatic heterocycles. The average molecular weight is 283 g/mol. The molecule has 0 amide bonds. The molecule has 2 heterocycles. The molecule has 9 heteroatoms. The van der Waals surface area contributed by atoms with Crippen LogP contribution in [0, 0.1) is 0 Å². The number of anilines is 2. The molecule has 0 radical (unpaired) electrons. The molecule has 2 rings (SSSR count). The van der Waals surface area contributed by atoms with Crippen molar-refractivity contribution in [3.05, 3.63) is 0 Å². The zero-order chi connectivity index (χ0) is 14.2. The van der Waals surface area contributed by atoms with Gasteiger partial charge < -0.3 is 14.8 Å². The average Bonchev–Trinajstić information content (AvgIpc) is 2.52. The van der Waals surface area contributed by atoms with Crippen molar-refractivity contribution in [2.45, 2.75) is 6.42 Å². The van der Waals surface area contributed by atoms with Crippen LogP contribution < -0.4 is 21.3 Å². The molecule has 0 atom stereocenters. The third-order valence-corrected chi connectivity index (χ3v) is 2.96. The predicted octanol–water partition coefficient (Wildman–Crippen LogP) is -0.700. The normalized spacial score (nSPS) is 15.9. The molecule has 1 fully saturated rings. The molecule has 1 aliphatic rings. The fourth-order valence-corrected chi connectivity index (χ4v) is 1.92. The van der Waals surface area contributed by atoms with Crippen LogP contribution in [0.4, 0.5) is 11.9 Å². The van der Waals surface area contributed by atoms with Gasteiger partial charge in [-0.1, -0.05) is 0 Å². The molecule has 0 aromatic carbocycles. The van der Waals surface area contributed by atoms with E-state index >= 15 is 0 Å². The smallest absolute Gasteiger partial charge is 0.322 e. The van der Waals surface area contributed by atoms with E-state index in [1.54, 1.807) is 0 Å². The Morgan fingerprint density at radius 2 is 2.00 bits per heavy atom. The molecule has 20 heavy (non-hydrogen) atoms. The predicted molar refractivity (Wildman–Crippen MR) is 74.6 cm³/mol. The summed E-state index contributed by atoms with van der Waals surface area (Å²) in [6, 6.07) is 0.226. The van der Waals surface area contributed by atoms with Crippen molar-refractivity contribution in [3.63, 3.8) is 0 Å². The van der Waals surface area contributed by atoms with Crippen LogP contribution in [-0.4, -0.2) is 66.4 Å². The molecule has 112 valence electrons. The zero-order valence-electron chi connectivity index (χ0n) is 11.6. The van der Waals surface area contributed by atoms with Crippen LogP contribution in [0.5, 0.6) is 6.01 Å². The lowest BCUT2D eigenvalue weighted by molar-refractivity contribution is 0.0378. The van der Waals surface area contributed by atoms with Gasteiger partial charge in [0.25, 0.3) is 0 Å². The molecule has 0 unspecified atom stereocenters. The van der Waals surface area contributed by atoms with Crippen molar-refractivity contribution in [1.29, 1.82) is 0 Å². The zero-order valence-corrected chi connectivity index (χ0v) is 11.6. The monoisotopic (exact) mass is 283 g/mol. The van der Waals surface area contributed by atoms with Crippen LogP contribution in [0.25, 0.3) is 0 Å². The van der Waals surface area contributed by atoms with Gasteiger partial charge in [0.05, 0.1) is 20.3 Å². The summed E-state index contributed by atoms with van der Waals surface area (Å²) in [5.41, 5.74) is 2.38. The van der Waals surface area contributed by atoms with E-state index in [4.69, 9.17) is 15.3 Å². The van der Waals surface area contributed by atoms with Crippen LogP contribution in [0.15, 0.2) is 0 Å². The minimum atomic E-state index is 0.226. The Labute approximate surface area is 117 Å². The number of methoxy groups -OCH3 is 1. The topological polar surface area (TPSA) is 110 Å². The van der Waals surface area contributed by atoms with Crippen LogP contribution in [-0.2, 0) is 4.74 Å². The number of nitrogens with zero attached hydrogens (tertiary/aromatic N) is 4. The highest BCUT2D eigenvalue weighted by atomic mass is 16.5. The van der Waals surface area contributed by atoms with Gasteiger partial charge >= 0.3 is 6.01 Å². The molecular weight excluding hydrogens is 262 g/mol. The molecule has 1 aromatic rings. The second kappa shape index (κ2) is 7.78. The molecular formula is C11H21N7O2. The molecule has 4 N–H and O–H groups in total. The summed E-state index contributed by atoms with van der Waals surface area (Å²) in [4.78, 5) is 14.5. The first-order chi connectivity index (χ1) is 9.81. The van der Waals surface area contributed by atoms with E-state index in [1.807, 2.05) is 0 Å². The van der Waals surface area contributed by atoms with Crippen molar-refractivity contribution < 1.29 is 9.47 Å². The number of hydrogen-bond donors (Lipinski definition) is 3. The second-order valence-electron chi connectivity index (χ2n) is 4.35. The summed E-state index contributed by atoms with van der Waals surface area (Å²) in [6.07, 6.45) is 0.999. The molecule has 1 saturated heterocycles. The summed E-state index contributed by atoms with van der Waals surface area (Å²) in [6.45, 7) is 5.45. The minimum absolute atomic E-state index is 0.226. The summed E-state index contributed by atoms with van der Waals surface area (Å²) in [5.74, 6) is 6.01. The van der Waals surface area contributed by atoms with Gasteiger partial charge in [-0.2, -0.15) is 15.0 Å². The van der Waals surface area contributed by atoms with Crippen LogP contribution in [0.3, 0.4) is 0 Å². The first kappa shape index (κ1) is 14.7. The lowest BCUT2D eigenvalue weighted by Crippen LogP contribution is -2.37. The van der Waals surface area contributed by atoms with Crippen LogP contribution in [0.2, 0.25) is 0 Å². The molecule has 0 aliphatic carbocycles. The molecule has 0 bridgehead atoms. The molecule has 0 saturated carbocycles. The highest BCUT2D eigenvalue weighted by Gasteiger charge is 2.09. The van der Waals surface area contributed by atoms with Gasteiger partial charge in [0.1, 0.15) is 0 Å². The number of nitrogen functional groups attached to an aromatic ring is 1. The molecule has 0 spiro atoms. The van der Waals surface area contributed by atoms with Crippen molar-refractivity contribution in [2.75, 3.05) is 57.2 Å². The van der Waals surface area contributed by atoms with E-state index in [1.165, 1.54) is 7.11 Å². The van der Waals surface area contributed by atoms with Crippen molar-refractivity contribution in [3.8, 4) is 6.01 Å². The standard InChI is InChI=1S/C11H21N7O2/c1-19-11-15-9(14-10(16-11)17-12)13-3-2-4-18-5-7-20-8-6-18/h2-8,12H2,1H3,(H2,13,14,15,16,17). The van der Waals surface area contributed by atoms with Gasteiger partial charge in [-0.05, 0) is 13.0 Å². The maximum atomic E-state index is 5.31. The van der Waals surface area contributed by atoms with Gasteiger partial charge in [-0.25, -0.2) is 5.84 Å². The minimum Gasteiger partial charge on any atom is -0.467 e. The van der Waals surface area contributed by atoms with Crippen molar-refractivity contribution >= 4 is 11.9 Å². The highest BCUT2D eigenvalue weighted by molar-refractivity contribution is 5.34. The first-order valence-electron chi connectivity index (χ1n) is 6.62. The van der Waals surface area contributed by atoms with E-state index in [2.05, 4.69) is 30.6 Å². The van der Waals surface area contributed by atoms with Crippen molar-refractivity contribution in [2.24, 2.45) is 5.84 Å². The van der Waals surface area contributed by atoms with Crippen molar-refractivity contribution in [1.82, 2.24) is 19.9 Å². The highest BCUT2D eigenvalue weighted by Crippen LogP contribution is 2.09. The number of ether oxygens (including phenoxy) is 2. The van der Waals surface area contributed by atoms with E-state index in [0.29, 0.717) is 5.95 Å². The van der Waals surface area contributed by atoms with Crippen LogP contribution >= 0.6 is 0 Å². The van der Waals surface area contributed by atoms with Crippen LogP contribution in [0.1, 0.15) is 6.42 Å². The second-order valence-corrected chi connectivity index (χ2v) is 4.35. The number of morpholine rings is 1. The number of nitrogens with two attached hydrogens (primary N) is 1. The lowest BCUT2D eigenvalue weighted by Gasteiger charge is -2.26. The number of hydrogen-bond acceptors (Lipinski definition) is 9. The maximum absolute atomic E-state index is 5.31. The van der Waals surface area contributed by atoms with E-state index in [0.717, 1.165) is 45.8 Å². The summed E-state index contributed by atoms with van der Waals surface area (Å²) < 4.78 is 10.3. The van der Waals surface area contributed by atoms with Gasteiger partial charge in [0.15, 0.2) is 0 Å². The summed E-state index contributed by atoms with van der Waals surface area (Å²) in [5, 5.41) is 3.14. The number of rotatable bonds is 7. The van der Waals surface area contributed by atoms with Gasteiger partial charge in [0, 0.05) is 19.6 Å². The number of hydrazine groups is 1. The first-order valence-corrected chi connectivity index (χ1v) is 6.62. The largest absolute Gasteiger partial charge is 0.467 e. The fraction of sp³-hybridized carbons (Fsp3) is 0.727. The van der Waals surface area contributed by atoms with E-state index < -0.39 is 0 Å². The fourth-order valence-electron chi connectivity index (χ4n) is 1.92. The molecule has 1 aliphatic heterocycles. The summed E-state index contributed by atoms with van der Waals surface area (Å²) in [7, 11) is 1.50. The Kier molecular flexibility index (Phi) is 5.71. The Morgan fingerprint density at radius 1 is 1.25 bits per heavy atom. The van der Waals surface area contributed by atoms with Gasteiger partial charge in [-0.15, -0.1) is 0 Å². The Balaban J connectivity index is 1.75. The van der Waals surface area contributed by atoms with E-state index in [9.17, 15) is 0 Å². The summed E-state index contributed by atoms with van der Waals surface area (Å²) >= 11 is 0. The third kappa shape index (κ3) is 4.44. The van der Waals surface area contributed by atoms with Gasteiger partial charge in [-0.3, -0.25) is 10.3 Å². The van der Waals surface area contributed by atoms with Gasteiger partial charge in [0.2, 0.25) is 11.9 Å². The lowest BCUT2D eigenvalue weighted by atomic mass is 10.3. The maximum Gasteiger partial charge on any atom is 0.322 e. The Bertz CT molecular complexity index is 390. The quantitative estimate of drug-likeness (QED) is 0.340.